The van der Waals surface area contributed by atoms with Gasteiger partial charge in [-0.25, -0.2) is 4.79 Å². The summed E-state index contributed by atoms with van der Waals surface area (Å²) < 4.78 is 10.6. The van der Waals surface area contributed by atoms with Gasteiger partial charge in [0.05, 0.1) is 18.8 Å². The number of para-hydroxylation sites is 1. The second kappa shape index (κ2) is 9.77. The Bertz CT molecular complexity index is 795. The van der Waals surface area contributed by atoms with E-state index in [0.717, 1.165) is 22.6 Å². The fraction of sp³-hybridized carbons (Fsp3) is 0.300. The summed E-state index contributed by atoms with van der Waals surface area (Å²) in [5.74, 6) is -0.0218. The number of thiophene rings is 1. The lowest BCUT2D eigenvalue weighted by Gasteiger charge is -2.06. The normalized spacial score (nSPS) is 10.7. The van der Waals surface area contributed by atoms with Gasteiger partial charge in [0.15, 0.2) is 0 Å². The lowest BCUT2D eigenvalue weighted by Crippen LogP contribution is -2.11. The van der Waals surface area contributed by atoms with Gasteiger partial charge in [0, 0.05) is 16.5 Å². The van der Waals surface area contributed by atoms with Crippen LogP contribution in [0.1, 0.15) is 41.6 Å². The molecule has 1 aromatic carbocycles. The van der Waals surface area contributed by atoms with E-state index in [2.05, 4.69) is 5.32 Å². The monoisotopic (exact) mass is 373 g/mol. The number of nitrogens with one attached hydrogen (secondary N) is 1. The Morgan fingerprint density at radius 2 is 1.92 bits per heavy atom. The molecule has 5 nitrogen and oxygen atoms in total. The molecule has 1 aromatic heterocycles. The first-order valence-corrected chi connectivity index (χ1v) is 9.41. The highest BCUT2D eigenvalue weighted by molar-refractivity contribution is 7.16. The molecule has 1 amide bonds. The molecular formula is C20H23NO4S. The third-order valence-electron chi connectivity index (χ3n) is 3.50. The van der Waals surface area contributed by atoms with E-state index in [1.54, 1.807) is 19.1 Å². The van der Waals surface area contributed by atoms with Crippen molar-refractivity contribution in [2.75, 3.05) is 18.5 Å². The summed E-state index contributed by atoms with van der Waals surface area (Å²) >= 11 is 1.38. The molecule has 0 fully saturated rings. The van der Waals surface area contributed by atoms with E-state index in [-0.39, 0.29) is 12.5 Å². The van der Waals surface area contributed by atoms with Gasteiger partial charge in [-0.05, 0) is 38.5 Å². The van der Waals surface area contributed by atoms with E-state index >= 15 is 0 Å². The molecule has 1 N–H and O–H groups in total. The number of carbonyl (C=O) groups excluding carboxylic acids is 2. The molecule has 0 bridgehead atoms. The molecule has 0 aliphatic carbocycles. The maximum absolute atomic E-state index is 12.3. The quantitative estimate of drug-likeness (QED) is 0.545. The van der Waals surface area contributed by atoms with Crippen molar-refractivity contribution in [3.63, 3.8) is 0 Å². The highest BCUT2D eigenvalue weighted by Crippen LogP contribution is 2.29. The number of ether oxygens (including phenoxy) is 2. The minimum Gasteiger partial charge on any atom is -0.493 e. The molecule has 0 aliphatic heterocycles. The van der Waals surface area contributed by atoms with Gasteiger partial charge in [-0.3, -0.25) is 4.79 Å². The van der Waals surface area contributed by atoms with E-state index in [4.69, 9.17) is 9.47 Å². The van der Waals surface area contributed by atoms with Crippen LogP contribution in [0.2, 0.25) is 0 Å². The molecule has 1 heterocycles. The maximum Gasteiger partial charge on any atom is 0.341 e. The Morgan fingerprint density at radius 3 is 2.62 bits per heavy atom. The summed E-state index contributed by atoms with van der Waals surface area (Å²) in [6.45, 7) is 6.50. The fourth-order valence-corrected chi connectivity index (χ4v) is 3.28. The minimum absolute atomic E-state index is 0.289. The molecule has 6 heteroatoms. The van der Waals surface area contributed by atoms with E-state index in [1.807, 2.05) is 38.1 Å². The third-order valence-corrected chi connectivity index (χ3v) is 4.69. The standard InChI is InChI=1S/C20H23NO4S/c1-4-15-13-16(20(23)25-6-3)19(26-15)21-18(22)12-11-14-9-7-8-10-17(14)24-5-2/h7-13H,4-6H2,1-3H3,(H,21,22)/b12-11+. The SMILES string of the molecule is CCOC(=O)c1cc(CC)sc1NC(=O)/C=C/c1ccccc1OCC. The van der Waals surface area contributed by atoms with E-state index in [1.165, 1.54) is 17.4 Å². The number of carbonyl (C=O) groups is 2. The fourth-order valence-electron chi connectivity index (χ4n) is 2.29. The molecule has 0 saturated carbocycles. The zero-order valence-corrected chi connectivity index (χ0v) is 16.0. The van der Waals surface area contributed by atoms with E-state index in [9.17, 15) is 9.59 Å². The van der Waals surface area contributed by atoms with Crippen LogP contribution >= 0.6 is 11.3 Å². The first kappa shape index (κ1) is 19.7. The zero-order chi connectivity index (χ0) is 18.9. The summed E-state index contributed by atoms with van der Waals surface area (Å²) in [5, 5.41) is 3.28. The molecule has 0 atom stereocenters. The summed E-state index contributed by atoms with van der Waals surface area (Å²) in [6.07, 6.45) is 3.90. The van der Waals surface area contributed by atoms with Crippen molar-refractivity contribution in [2.45, 2.75) is 27.2 Å². The van der Waals surface area contributed by atoms with Crippen molar-refractivity contribution in [1.29, 1.82) is 0 Å². The minimum atomic E-state index is -0.426. The Morgan fingerprint density at radius 1 is 1.15 bits per heavy atom. The van der Waals surface area contributed by atoms with Crippen molar-refractivity contribution in [3.05, 3.63) is 52.4 Å². The van der Waals surface area contributed by atoms with Crippen molar-refractivity contribution in [2.24, 2.45) is 0 Å². The van der Waals surface area contributed by atoms with Crippen LogP contribution in [0.15, 0.2) is 36.4 Å². The van der Waals surface area contributed by atoms with E-state index < -0.39 is 5.97 Å². The van der Waals surface area contributed by atoms with E-state index in [0.29, 0.717) is 17.2 Å². The van der Waals surface area contributed by atoms with Crippen molar-refractivity contribution < 1.29 is 19.1 Å². The highest BCUT2D eigenvalue weighted by atomic mass is 32.1. The average molecular weight is 373 g/mol. The molecule has 0 aliphatic rings. The Kier molecular flexibility index (Phi) is 7.41. The van der Waals surface area contributed by atoms with Gasteiger partial charge in [0.1, 0.15) is 10.8 Å². The summed E-state index contributed by atoms with van der Waals surface area (Å²) in [4.78, 5) is 25.4. The van der Waals surface area contributed by atoms with Crippen LogP contribution < -0.4 is 10.1 Å². The molecule has 138 valence electrons. The van der Waals surface area contributed by atoms with Crippen LogP contribution in [0.4, 0.5) is 5.00 Å². The molecule has 0 unspecified atom stereocenters. The molecular weight excluding hydrogens is 350 g/mol. The third kappa shape index (κ3) is 5.20. The van der Waals surface area contributed by atoms with Crippen LogP contribution in [0, 0.1) is 0 Å². The van der Waals surface area contributed by atoms with Gasteiger partial charge in [0.25, 0.3) is 0 Å². The van der Waals surface area contributed by atoms with Crippen LogP contribution in [0.25, 0.3) is 6.08 Å². The number of anilines is 1. The number of esters is 1. The van der Waals surface area contributed by atoms with Gasteiger partial charge in [-0.15, -0.1) is 11.3 Å². The second-order valence-electron chi connectivity index (χ2n) is 5.32. The Labute approximate surface area is 157 Å². The van der Waals surface area contributed by atoms with Crippen molar-refractivity contribution in [1.82, 2.24) is 0 Å². The molecule has 0 radical (unpaired) electrons. The number of benzene rings is 1. The number of rotatable bonds is 8. The highest BCUT2D eigenvalue weighted by Gasteiger charge is 2.18. The predicted octanol–water partition coefficient (Wildman–Crippen LogP) is 4.54. The molecule has 2 aromatic rings. The molecule has 2 rings (SSSR count). The summed E-state index contributed by atoms with van der Waals surface area (Å²) in [6, 6.07) is 9.26. The number of aryl methyl sites for hydroxylation is 1. The zero-order valence-electron chi connectivity index (χ0n) is 15.2. The lowest BCUT2D eigenvalue weighted by atomic mass is 10.2. The van der Waals surface area contributed by atoms with Crippen LogP contribution in [-0.2, 0) is 16.0 Å². The van der Waals surface area contributed by atoms with Gasteiger partial charge in [-0.2, -0.15) is 0 Å². The molecule has 0 spiro atoms. The number of hydrogen-bond donors (Lipinski definition) is 1. The van der Waals surface area contributed by atoms with Gasteiger partial charge in [-0.1, -0.05) is 25.1 Å². The van der Waals surface area contributed by atoms with Gasteiger partial charge < -0.3 is 14.8 Å². The van der Waals surface area contributed by atoms with Crippen LogP contribution in [0.5, 0.6) is 5.75 Å². The summed E-state index contributed by atoms with van der Waals surface area (Å²) in [5.41, 5.74) is 1.21. The smallest absolute Gasteiger partial charge is 0.341 e. The average Bonchev–Trinajstić information content (AvgIpc) is 3.04. The predicted molar refractivity (Wildman–Crippen MR) is 105 cm³/mol. The molecule has 0 saturated heterocycles. The Balaban J connectivity index is 2.15. The first-order chi connectivity index (χ1) is 12.6. The Hall–Kier alpha value is -2.60. The second-order valence-corrected chi connectivity index (χ2v) is 6.46. The van der Waals surface area contributed by atoms with Gasteiger partial charge in [0.2, 0.25) is 5.91 Å². The number of amides is 1. The van der Waals surface area contributed by atoms with Crippen LogP contribution in [0.3, 0.4) is 0 Å². The molecule has 26 heavy (non-hydrogen) atoms. The first-order valence-electron chi connectivity index (χ1n) is 8.59. The largest absolute Gasteiger partial charge is 0.493 e. The van der Waals surface area contributed by atoms with Crippen LogP contribution in [-0.4, -0.2) is 25.1 Å². The number of hydrogen-bond acceptors (Lipinski definition) is 5. The topological polar surface area (TPSA) is 64.6 Å². The van der Waals surface area contributed by atoms with Gasteiger partial charge >= 0.3 is 5.97 Å². The summed E-state index contributed by atoms with van der Waals surface area (Å²) in [7, 11) is 0. The van der Waals surface area contributed by atoms with Crippen molar-refractivity contribution >= 4 is 34.3 Å². The lowest BCUT2D eigenvalue weighted by molar-refractivity contribution is -0.111. The van der Waals surface area contributed by atoms with Crippen molar-refractivity contribution in [3.8, 4) is 5.75 Å². The maximum atomic E-state index is 12.3.